The van der Waals surface area contributed by atoms with Gasteiger partial charge in [0.15, 0.2) is 0 Å². The maximum atomic E-state index is 11.5. The molecule has 1 heterocycles. The third-order valence-corrected chi connectivity index (χ3v) is 2.97. The number of fused-ring (bicyclic) bond motifs is 1. The average Bonchev–Trinajstić information content (AvgIpc) is 2.29. The number of hydrogen-bond acceptors (Lipinski definition) is 3. The van der Waals surface area contributed by atoms with Crippen LogP contribution in [0.1, 0.15) is 10.4 Å². The number of nitrogens with one attached hydrogen (secondary N) is 1. The van der Waals surface area contributed by atoms with E-state index in [1.807, 2.05) is 12.1 Å². The van der Waals surface area contributed by atoms with Crippen molar-refractivity contribution in [2.45, 2.75) is 4.90 Å². The molecule has 1 amide bonds. The highest BCUT2D eigenvalue weighted by Crippen LogP contribution is 2.26. The number of thioether (sulfide) groups is 1. The van der Waals surface area contributed by atoms with E-state index < -0.39 is 0 Å². The number of amides is 1. The van der Waals surface area contributed by atoms with Crippen LogP contribution in [0, 0.1) is 0 Å². The molecule has 0 fully saturated rings. The fourth-order valence-electron chi connectivity index (χ4n) is 1.27. The quantitative estimate of drug-likeness (QED) is 0.608. The van der Waals surface area contributed by atoms with Gasteiger partial charge in [0.05, 0.1) is 5.56 Å². The predicted octanol–water partition coefficient (Wildman–Crippen LogP) is 1.10. The van der Waals surface area contributed by atoms with Crippen LogP contribution >= 0.6 is 11.8 Å². The second-order valence-electron chi connectivity index (χ2n) is 2.86. The van der Waals surface area contributed by atoms with Crippen LogP contribution in [0.4, 0.5) is 5.69 Å². The number of carbonyl (C=O) groups excluding carboxylic acids is 1. The molecule has 0 unspecified atom stereocenters. The summed E-state index contributed by atoms with van der Waals surface area (Å²) in [4.78, 5) is 12.5. The van der Waals surface area contributed by atoms with Gasteiger partial charge < -0.3 is 11.1 Å². The first-order valence-electron chi connectivity index (χ1n) is 4.08. The molecule has 2 rings (SSSR count). The molecular formula is C9H10N2OS. The van der Waals surface area contributed by atoms with Crippen LogP contribution in [0.3, 0.4) is 0 Å². The van der Waals surface area contributed by atoms with Gasteiger partial charge in [0, 0.05) is 22.9 Å². The lowest BCUT2D eigenvalue weighted by atomic mass is 10.2. The van der Waals surface area contributed by atoms with Crippen molar-refractivity contribution in [2.24, 2.45) is 0 Å². The van der Waals surface area contributed by atoms with Gasteiger partial charge in [-0.15, -0.1) is 11.8 Å². The summed E-state index contributed by atoms with van der Waals surface area (Å²) in [6.45, 7) is 0.720. The first-order chi connectivity index (χ1) is 6.27. The van der Waals surface area contributed by atoms with Crippen LogP contribution < -0.4 is 11.1 Å². The van der Waals surface area contributed by atoms with E-state index in [1.165, 1.54) is 0 Å². The monoisotopic (exact) mass is 194 g/mol. The SMILES string of the molecule is Nc1ccc2c(c1)C(=O)NCCS2. The Morgan fingerprint density at radius 2 is 2.31 bits per heavy atom. The van der Waals surface area contributed by atoms with E-state index in [1.54, 1.807) is 17.8 Å². The molecule has 0 spiro atoms. The fraction of sp³-hybridized carbons (Fsp3) is 0.222. The number of benzene rings is 1. The van der Waals surface area contributed by atoms with E-state index in [2.05, 4.69) is 5.32 Å². The number of carbonyl (C=O) groups is 1. The van der Waals surface area contributed by atoms with Gasteiger partial charge in [0.1, 0.15) is 0 Å². The van der Waals surface area contributed by atoms with E-state index in [-0.39, 0.29) is 5.91 Å². The Kier molecular flexibility index (Phi) is 2.14. The van der Waals surface area contributed by atoms with Crippen LogP contribution in [0.15, 0.2) is 23.1 Å². The van der Waals surface area contributed by atoms with Crippen LogP contribution in [0.25, 0.3) is 0 Å². The molecule has 0 atom stereocenters. The average molecular weight is 194 g/mol. The van der Waals surface area contributed by atoms with Crippen molar-refractivity contribution >= 4 is 23.4 Å². The summed E-state index contributed by atoms with van der Waals surface area (Å²) in [5, 5.41) is 2.81. The molecule has 1 aliphatic heterocycles. The molecule has 0 aliphatic carbocycles. The predicted molar refractivity (Wildman–Crippen MR) is 53.9 cm³/mol. The Bertz CT molecular complexity index is 351. The van der Waals surface area contributed by atoms with Crippen molar-refractivity contribution in [3.05, 3.63) is 23.8 Å². The van der Waals surface area contributed by atoms with E-state index in [4.69, 9.17) is 5.73 Å². The molecule has 0 saturated carbocycles. The van der Waals surface area contributed by atoms with E-state index in [0.29, 0.717) is 11.3 Å². The van der Waals surface area contributed by atoms with Gasteiger partial charge in [-0.05, 0) is 18.2 Å². The Hall–Kier alpha value is -1.16. The summed E-state index contributed by atoms with van der Waals surface area (Å²) in [5.74, 6) is 0.898. The Morgan fingerprint density at radius 3 is 3.15 bits per heavy atom. The number of nitrogen functional groups attached to an aromatic ring is 1. The molecule has 1 aliphatic rings. The highest BCUT2D eigenvalue weighted by molar-refractivity contribution is 7.99. The lowest BCUT2D eigenvalue weighted by Crippen LogP contribution is -2.23. The normalized spacial score (nSPS) is 15.8. The summed E-state index contributed by atoms with van der Waals surface area (Å²) in [5.41, 5.74) is 6.94. The van der Waals surface area contributed by atoms with Crippen LogP contribution in [0.2, 0.25) is 0 Å². The second-order valence-corrected chi connectivity index (χ2v) is 4.00. The van der Waals surface area contributed by atoms with Gasteiger partial charge in [0.25, 0.3) is 5.91 Å². The zero-order chi connectivity index (χ0) is 9.26. The molecule has 1 aromatic rings. The molecule has 0 bridgehead atoms. The van der Waals surface area contributed by atoms with Crippen molar-refractivity contribution in [1.29, 1.82) is 0 Å². The maximum Gasteiger partial charge on any atom is 0.252 e. The summed E-state index contributed by atoms with van der Waals surface area (Å²) in [6.07, 6.45) is 0. The zero-order valence-corrected chi connectivity index (χ0v) is 7.86. The first kappa shape index (κ1) is 8.44. The molecule has 0 saturated heterocycles. The molecule has 0 radical (unpaired) electrons. The van der Waals surface area contributed by atoms with E-state index >= 15 is 0 Å². The molecule has 1 aromatic carbocycles. The number of nitrogens with two attached hydrogens (primary N) is 1. The van der Waals surface area contributed by atoms with Crippen LogP contribution in [-0.2, 0) is 0 Å². The summed E-state index contributed by atoms with van der Waals surface area (Å²) < 4.78 is 0. The van der Waals surface area contributed by atoms with Gasteiger partial charge in [-0.2, -0.15) is 0 Å². The molecule has 0 aromatic heterocycles. The number of anilines is 1. The van der Waals surface area contributed by atoms with Crippen molar-refractivity contribution in [1.82, 2.24) is 5.32 Å². The minimum Gasteiger partial charge on any atom is -0.399 e. The highest BCUT2D eigenvalue weighted by atomic mass is 32.2. The summed E-state index contributed by atoms with van der Waals surface area (Å²) in [6, 6.07) is 5.45. The maximum absolute atomic E-state index is 11.5. The van der Waals surface area contributed by atoms with Gasteiger partial charge in [0.2, 0.25) is 0 Å². The van der Waals surface area contributed by atoms with Gasteiger partial charge >= 0.3 is 0 Å². The smallest absolute Gasteiger partial charge is 0.252 e. The van der Waals surface area contributed by atoms with E-state index in [0.717, 1.165) is 17.2 Å². The lowest BCUT2D eigenvalue weighted by Gasteiger charge is -2.03. The zero-order valence-electron chi connectivity index (χ0n) is 7.04. The lowest BCUT2D eigenvalue weighted by molar-refractivity contribution is 0.0954. The van der Waals surface area contributed by atoms with Gasteiger partial charge in [-0.25, -0.2) is 0 Å². The Morgan fingerprint density at radius 1 is 1.46 bits per heavy atom. The summed E-state index contributed by atoms with van der Waals surface area (Å²) in [7, 11) is 0. The molecule has 3 N–H and O–H groups in total. The van der Waals surface area contributed by atoms with Gasteiger partial charge in [-0.3, -0.25) is 4.79 Å². The Labute approximate surface area is 80.7 Å². The molecule has 13 heavy (non-hydrogen) atoms. The minimum atomic E-state index is -0.0210. The number of rotatable bonds is 0. The molecule has 68 valence electrons. The fourth-order valence-corrected chi connectivity index (χ4v) is 2.17. The topological polar surface area (TPSA) is 55.1 Å². The standard InChI is InChI=1S/C9H10N2OS/c10-6-1-2-8-7(5-6)9(12)11-3-4-13-8/h1-2,5H,3-4,10H2,(H,11,12). The third kappa shape index (κ3) is 1.62. The van der Waals surface area contributed by atoms with Crippen LogP contribution in [-0.4, -0.2) is 18.2 Å². The van der Waals surface area contributed by atoms with Crippen molar-refractivity contribution in [3.63, 3.8) is 0 Å². The van der Waals surface area contributed by atoms with Crippen molar-refractivity contribution in [2.75, 3.05) is 18.0 Å². The molecule has 3 nitrogen and oxygen atoms in total. The highest BCUT2D eigenvalue weighted by Gasteiger charge is 2.14. The van der Waals surface area contributed by atoms with E-state index in [9.17, 15) is 4.79 Å². The molecule has 4 heteroatoms. The second kappa shape index (κ2) is 3.30. The Balaban J connectivity index is 2.49. The summed E-state index contributed by atoms with van der Waals surface area (Å²) >= 11 is 1.68. The van der Waals surface area contributed by atoms with Crippen molar-refractivity contribution < 1.29 is 4.79 Å². The first-order valence-corrected chi connectivity index (χ1v) is 5.06. The third-order valence-electron chi connectivity index (χ3n) is 1.89. The largest absolute Gasteiger partial charge is 0.399 e. The van der Waals surface area contributed by atoms with Crippen molar-refractivity contribution in [3.8, 4) is 0 Å². The number of hydrogen-bond donors (Lipinski definition) is 2. The van der Waals surface area contributed by atoms with Gasteiger partial charge in [-0.1, -0.05) is 0 Å². The molecular weight excluding hydrogens is 184 g/mol. The minimum absolute atomic E-state index is 0.0210. The van der Waals surface area contributed by atoms with Crippen LogP contribution in [0.5, 0.6) is 0 Å².